The first-order valence-electron chi connectivity index (χ1n) is 7.80. The van der Waals surface area contributed by atoms with Crippen molar-refractivity contribution in [3.05, 3.63) is 53.1 Å². The van der Waals surface area contributed by atoms with Gasteiger partial charge in [0.1, 0.15) is 6.04 Å². The molecule has 0 spiro atoms. The lowest BCUT2D eigenvalue weighted by Gasteiger charge is -2.16. The molecule has 0 aromatic heterocycles. The first kappa shape index (κ1) is 20.4. The molecule has 0 aliphatic carbocycles. The summed E-state index contributed by atoms with van der Waals surface area (Å²) in [6.45, 7) is -1.55. The van der Waals surface area contributed by atoms with Gasteiger partial charge in [0.05, 0.1) is 7.11 Å². The lowest BCUT2D eigenvalue weighted by atomic mass is 10.2. The van der Waals surface area contributed by atoms with Crippen molar-refractivity contribution in [2.45, 2.75) is 19.6 Å². The Bertz CT molecular complexity index is 816. The number of anilines is 1. The van der Waals surface area contributed by atoms with E-state index >= 15 is 0 Å². The smallest absolute Gasteiger partial charge is 0.387 e. The van der Waals surface area contributed by atoms with Gasteiger partial charge in [-0.2, -0.15) is 8.78 Å². The monoisotopic (exact) mass is 398 g/mol. The number of carbonyl (C=O) groups excluding carboxylic acids is 2. The minimum atomic E-state index is -3.04. The van der Waals surface area contributed by atoms with Crippen molar-refractivity contribution in [2.75, 3.05) is 12.4 Å². The van der Waals surface area contributed by atoms with Gasteiger partial charge in [0.25, 0.3) is 5.91 Å². The highest BCUT2D eigenvalue weighted by Crippen LogP contribution is 2.31. The normalized spacial score (nSPS) is 11.6. The predicted octanol–water partition coefficient (Wildman–Crippen LogP) is 3.71. The topological polar surface area (TPSA) is 76.7 Å². The molecule has 0 unspecified atom stereocenters. The first-order chi connectivity index (χ1) is 12.8. The number of hydrogen-bond donors (Lipinski definition) is 2. The number of hydrogen-bond acceptors (Lipinski definition) is 4. The van der Waals surface area contributed by atoms with E-state index in [-0.39, 0.29) is 17.2 Å². The first-order valence-corrected chi connectivity index (χ1v) is 8.18. The highest BCUT2D eigenvalue weighted by Gasteiger charge is 2.18. The average Bonchev–Trinajstić information content (AvgIpc) is 2.61. The van der Waals surface area contributed by atoms with Gasteiger partial charge < -0.3 is 20.1 Å². The maximum absolute atomic E-state index is 12.5. The van der Waals surface area contributed by atoms with Gasteiger partial charge in [-0.05, 0) is 43.3 Å². The summed E-state index contributed by atoms with van der Waals surface area (Å²) in [5.74, 6) is -1.11. The molecule has 2 rings (SSSR count). The summed E-state index contributed by atoms with van der Waals surface area (Å²) in [4.78, 5) is 24.4. The number of ether oxygens (including phenoxy) is 2. The molecule has 27 heavy (non-hydrogen) atoms. The fraction of sp³-hybridized carbons (Fsp3) is 0.222. The van der Waals surface area contributed by atoms with Crippen LogP contribution >= 0.6 is 11.6 Å². The Labute approximate surface area is 159 Å². The van der Waals surface area contributed by atoms with Crippen LogP contribution in [0, 0.1) is 0 Å². The number of benzene rings is 2. The molecule has 0 radical (unpaired) electrons. The van der Waals surface area contributed by atoms with Crippen LogP contribution in [0.15, 0.2) is 42.5 Å². The summed E-state index contributed by atoms with van der Waals surface area (Å²) < 4.78 is 34.2. The van der Waals surface area contributed by atoms with Gasteiger partial charge in [0.2, 0.25) is 5.91 Å². The molecule has 0 bridgehead atoms. The number of rotatable bonds is 7. The van der Waals surface area contributed by atoms with Crippen LogP contribution in [0.2, 0.25) is 5.02 Å². The third kappa shape index (κ3) is 5.82. The van der Waals surface area contributed by atoms with E-state index in [1.165, 1.54) is 44.4 Å². The van der Waals surface area contributed by atoms with Crippen LogP contribution in [-0.4, -0.2) is 31.6 Å². The van der Waals surface area contributed by atoms with E-state index in [4.69, 9.17) is 16.3 Å². The number of halogens is 3. The summed E-state index contributed by atoms with van der Waals surface area (Å²) in [5.41, 5.74) is 0.556. The summed E-state index contributed by atoms with van der Waals surface area (Å²) in [7, 11) is 1.31. The molecule has 0 aliphatic heterocycles. The molecule has 2 aromatic carbocycles. The Kier molecular flexibility index (Phi) is 6.95. The molecule has 0 saturated carbocycles. The van der Waals surface area contributed by atoms with Crippen molar-refractivity contribution in [3.63, 3.8) is 0 Å². The summed E-state index contributed by atoms with van der Waals surface area (Å²) in [6.07, 6.45) is 0. The van der Waals surface area contributed by atoms with Gasteiger partial charge in [-0.25, -0.2) is 0 Å². The fourth-order valence-corrected chi connectivity index (χ4v) is 2.27. The minimum Gasteiger partial charge on any atom is -0.493 e. The van der Waals surface area contributed by atoms with E-state index in [1.54, 1.807) is 12.1 Å². The third-order valence-electron chi connectivity index (χ3n) is 3.49. The van der Waals surface area contributed by atoms with Gasteiger partial charge in [0, 0.05) is 22.3 Å². The standard InChI is InChI=1S/C18H17ClF2N2O4/c1-10(22-17(25)11-3-5-12(19)6-4-11)16(24)23-13-7-8-14(26-2)15(9-13)27-18(20)21/h3-10,18H,1-2H3,(H,22,25)(H,23,24)/t10-/m0/s1. The van der Waals surface area contributed by atoms with E-state index in [2.05, 4.69) is 15.4 Å². The number of carbonyl (C=O) groups is 2. The van der Waals surface area contributed by atoms with Crippen molar-refractivity contribution in [1.82, 2.24) is 5.32 Å². The summed E-state index contributed by atoms with van der Waals surface area (Å²) >= 11 is 5.77. The van der Waals surface area contributed by atoms with E-state index < -0.39 is 24.5 Å². The zero-order valence-electron chi connectivity index (χ0n) is 14.5. The second-order valence-corrected chi connectivity index (χ2v) is 5.87. The van der Waals surface area contributed by atoms with Gasteiger partial charge in [0.15, 0.2) is 11.5 Å². The van der Waals surface area contributed by atoms with E-state index in [0.717, 1.165) is 0 Å². The Hall–Kier alpha value is -2.87. The van der Waals surface area contributed by atoms with Crippen LogP contribution in [0.4, 0.5) is 14.5 Å². The van der Waals surface area contributed by atoms with Gasteiger partial charge in [-0.1, -0.05) is 11.6 Å². The van der Waals surface area contributed by atoms with Crippen molar-refractivity contribution in [1.29, 1.82) is 0 Å². The average molecular weight is 399 g/mol. The molecule has 0 fully saturated rings. The minimum absolute atomic E-state index is 0.0948. The molecule has 0 saturated heterocycles. The molecule has 9 heteroatoms. The van der Waals surface area contributed by atoms with Crippen LogP contribution in [0.5, 0.6) is 11.5 Å². The largest absolute Gasteiger partial charge is 0.493 e. The van der Waals surface area contributed by atoms with Crippen molar-refractivity contribution >= 4 is 29.1 Å². The quantitative estimate of drug-likeness (QED) is 0.745. The molecule has 0 aliphatic rings. The maximum atomic E-state index is 12.5. The number of alkyl halides is 2. The molecule has 0 heterocycles. The number of methoxy groups -OCH3 is 1. The van der Waals surface area contributed by atoms with Crippen LogP contribution in [0.1, 0.15) is 17.3 Å². The Morgan fingerprint density at radius 2 is 1.74 bits per heavy atom. The van der Waals surface area contributed by atoms with Gasteiger partial charge in [-0.15, -0.1) is 0 Å². The summed E-state index contributed by atoms with van der Waals surface area (Å²) in [5, 5.41) is 5.54. The van der Waals surface area contributed by atoms with Crippen LogP contribution < -0.4 is 20.1 Å². The Balaban J connectivity index is 2.03. The molecule has 2 N–H and O–H groups in total. The molecule has 2 aromatic rings. The highest BCUT2D eigenvalue weighted by molar-refractivity contribution is 6.30. The fourth-order valence-electron chi connectivity index (χ4n) is 2.14. The van der Waals surface area contributed by atoms with E-state index in [9.17, 15) is 18.4 Å². The van der Waals surface area contributed by atoms with Crippen LogP contribution in [-0.2, 0) is 4.79 Å². The van der Waals surface area contributed by atoms with E-state index in [1.807, 2.05) is 0 Å². The van der Waals surface area contributed by atoms with E-state index in [0.29, 0.717) is 10.6 Å². The molecule has 6 nitrogen and oxygen atoms in total. The molecule has 1 atom stereocenters. The van der Waals surface area contributed by atoms with Gasteiger partial charge >= 0.3 is 6.61 Å². The lowest BCUT2D eigenvalue weighted by molar-refractivity contribution is -0.117. The summed E-state index contributed by atoms with van der Waals surface area (Å²) in [6, 6.07) is 9.34. The molecular formula is C18H17ClF2N2O4. The third-order valence-corrected chi connectivity index (χ3v) is 3.75. The highest BCUT2D eigenvalue weighted by atomic mass is 35.5. The Morgan fingerprint density at radius 3 is 2.33 bits per heavy atom. The second-order valence-electron chi connectivity index (χ2n) is 5.44. The predicted molar refractivity (Wildman–Crippen MR) is 96.6 cm³/mol. The molecule has 144 valence electrons. The van der Waals surface area contributed by atoms with Crippen molar-refractivity contribution in [2.24, 2.45) is 0 Å². The van der Waals surface area contributed by atoms with Crippen LogP contribution in [0.3, 0.4) is 0 Å². The number of amides is 2. The zero-order chi connectivity index (χ0) is 20.0. The molecular weight excluding hydrogens is 382 g/mol. The Morgan fingerprint density at radius 1 is 1.07 bits per heavy atom. The van der Waals surface area contributed by atoms with Crippen molar-refractivity contribution < 1.29 is 27.8 Å². The van der Waals surface area contributed by atoms with Crippen LogP contribution in [0.25, 0.3) is 0 Å². The second kappa shape index (κ2) is 9.18. The van der Waals surface area contributed by atoms with Gasteiger partial charge in [-0.3, -0.25) is 9.59 Å². The molecule has 2 amide bonds. The lowest BCUT2D eigenvalue weighted by Crippen LogP contribution is -2.41. The SMILES string of the molecule is COc1ccc(NC(=O)[C@H](C)NC(=O)c2ccc(Cl)cc2)cc1OC(F)F. The van der Waals surface area contributed by atoms with Crippen molar-refractivity contribution in [3.8, 4) is 11.5 Å². The number of nitrogens with one attached hydrogen (secondary N) is 2. The maximum Gasteiger partial charge on any atom is 0.387 e. The zero-order valence-corrected chi connectivity index (χ0v) is 15.2.